The Morgan fingerprint density at radius 2 is 2.12 bits per heavy atom. The molecule has 0 saturated carbocycles. The number of halogens is 3. The first-order valence-corrected chi connectivity index (χ1v) is 8.59. The van der Waals surface area contributed by atoms with Crippen LogP contribution in [-0.4, -0.2) is 30.5 Å². The maximum absolute atomic E-state index is 12.3. The molecule has 3 aromatic rings. The van der Waals surface area contributed by atoms with Crippen LogP contribution < -0.4 is 5.32 Å². The lowest BCUT2D eigenvalue weighted by Gasteiger charge is -2.04. The van der Waals surface area contributed by atoms with Crippen LogP contribution in [0.15, 0.2) is 30.7 Å². The number of hydrogen-bond acceptors (Lipinski definition) is 4. The van der Waals surface area contributed by atoms with Crippen molar-refractivity contribution < 1.29 is 4.79 Å². The summed E-state index contributed by atoms with van der Waals surface area (Å²) in [4.78, 5) is 16.4. The van der Waals surface area contributed by atoms with E-state index in [2.05, 4.69) is 43.1 Å². The Balaban J connectivity index is 1.71. The van der Waals surface area contributed by atoms with Crippen LogP contribution in [-0.2, 0) is 13.6 Å². The van der Waals surface area contributed by atoms with Crippen molar-refractivity contribution >= 4 is 57.6 Å². The molecule has 1 aromatic carbocycles. The zero-order valence-corrected chi connectivity index (χ0v) is 16.0. The summed E-state index contributed by atoms with van der Waals surface area (Å²) in [6.45, 7) is 0.461. The van der Waals surface area contributed by atoms with Gasteiger partial charge in [-0.1, -0.05) is 29.3 Å². The van der Waals surface area contributed by atoms with Gasteiger partial charge in [0, 0.05) is 7.05 Å². The Morgan fingerprint density at radius 1 is 1.33 bits per heavy atom. The lowest BCUT2D eigenvalue weighted by Crippen LogP contribution is -2.18. The van der Waals surface area contributed by atoms with Crippen LogP contribution in [0.5, 0.6) is 0 Å². The number of amides is 1. The van der Waals surface area contributed by atoms with Crippen molar-refractivity contribution in [1.82, 2.24) is 24.5 Å². The highest BCUT2D eigenvalue weighted by Crippen LogP contribution is 2.23. The topological polar surface area (TPSA) is 77.6 Å². The van der Waals surface area contributed by atoms with E-state index in [0.29, 0.717) is 22.3 Å². The van der Waals surface area contributed by atoms with Gasteiger partial charge in [0.15, 0.2) is 0 Å². The highest BCUT2D eigenvalue weighted by Gasteiger charge is 2.17. The third-order valence-corrected chi connectivity index (χ3v) is 4.73. The molecule has 3 rings (SSSR count). The molecule has 1 N–H and O–H groups in total. The molecule has 0 aliphatic carbocycles. The average Bonchev–Trinajstić information content (AvgIpc) is 3.09. The van der Waals surface area contributed by atoms with Crippen molar-refractivity contribution in [1.29, 1.82) is 0 Å². The van der Waals surface area contributed by atoms with Crippen molar-refractivity contribution in [2.75, 3.05) is 5.32 Å². The molecule has 0 fully saturated rings. The highest BCUT2D eigenvalue weighted by atomic mass is 127. The van der Waals surface area contributed by atoms with Gasteiger partial charge in [0.2, 0.25) is 5.95 Å². The van der Waals surface area contributed by atoms with Gasteiger partial charge in [-0.05, 0) is 40.3 Å². The number of carbonyl (C=O) groups is 1. The summed E-state index contributed by atoms with van der Waals surface area (Å²) in [6, 6.07) is 5.34. The lowest BCUT2D eigenvalue weighted by atomic mass is 10.2. The maximum Gasteiger partial charge on any atom is 0.277 e. The van der Waals surface area contributed by atoms with Crippen molar-refractivity contribution in [2.24, 2.45) is 7.05 Å². The SMILES string of the molecule is Cn1ncc(I)c1C(=O)Nc1ncn(Cc2ccc(Cl)c(Cl)c2)n1. The number of nitrogens with zero attached hydrogens (tertiary/aromatic N) is 5. The summed E-state index contributed by atoms with van der Waals surface area (Å²) in [5.74, 6) is -0.0938. The fourth-order valence-electron chi connectivity index (χ4n) is 2.08. The zero-order chi connectivity index (χ0) is 17.3. The fourth-order valence-corrected chi connectivity index (χ4v) is 3.12. The standard InChI is InChI=1S/C14H11Cl2IN6O/c1-22-12(11(17)5-19-22)13(24)20-14-18-7-23(21-14)6-8-2-3-9(15)10(16)4-8/h2-5,7H,6H2,1H3,(H,20,21,24). The molecule has 0 aliphatic heterocycles. The number of anilines is 1. The average molecular weight is 477 g/mol. The number of rotatable bonds is 4. The zero-order valence-electron chi connectivity index (χ0n) is 12.4. The molecule has 0 radical (unpaired) electrons. The Bertz CT molecular complexity index is 887. The van der Waals surface area contributed by atoms with Crippen molar-refractivity contribution in [3.05, 3.63) is 55.6 Å². The molecule has 24 heavy (non-hydrogen) atoms. The Labute approximate surface area is 161 Å². The number of aromatic nitrogens is 5. The molecular weight excluding hydrogens is 466 g/mol. The van der Waals surface area contributed by atoms with E-state index in [1.807, 2.05) is 6.07 Å². The fraction of sp³-hybridized carbons (Fsp3) is 0.143. The molecule has 10 heteroatoms. The summed E-state index contributed by atoms with van der Waals surface area (Å²) in [7, 11) is 1.70. The van der Waals surface area contributed by atoms with Crippen molar-refractivity contribution in [2.45, 2.75) is 6.54 Å². The molecule has 0 spiro atoms. The Kier molecular flexibility index (Phi) is 5.07. The number of nitrogens with one attached hydrogen (secondary N) is 1. The van der Waals surface area contributed by atoms with Gasteiger partial charge in [0.25, 0.3) is 5.91 Å². The number of benzene rings is 1. The van der Waals surface area contributed by atoms with E-state index in [9.17, 15) is 4.79 Å². The summed E-state index contributed by atoms with van der Waals surface area (Å²) in [6.07, 6.45) is 3.15. The van der Waals surface area contributed by atoms with E-state index >= 15 is 0 Å². The Hall–Kier alpha value is -1.65. The molecule has 0 bridgehead atoms. The maximum atomic E-state index is 12.3. The number of hydrogen-bond donors (Lipinski definition) is 1. The molecule has 0 saturated heterocycles. The summed E-state index contributed by atoms with van der Waals surface area (Å²) in [5, 5.41) is 11.9. The molecule has 7 nitrogen and oxygen atoms in total. The van der Waals surface area contributed by atoms with Crippen LogP contribution in [0.2, 0.25) is 10.0 Å². The predicted molar refractivity (Wildman–Crippen MR) is 99.5 cm³/mol. The van der Waals surface area contributed by atoms with Crippen LogP contribution in [0.25, 0.3) is 0 Å². The van der Waals surface area contributed by atoms with E-state index in [4.69, 9.17) is 23.2 Å². The minimum atomic E-state index is -0.313. The third-order valence-electron chi connectivity index (χ3n) is 3.20. The van der Waals surface area contributed by atoms with Crippen molar-refractivity contribution in [3.63, 3.8) is 0 Å². The second-order valence-electron chi connectivity index (χ2n) is 4.93. The molecule has 2 aromatic heterocycles. The molecule has 0 aliphatic rings. The van der Waals surface area contributed by atoms with Gasteiger partial charge in [0.1, 0.15) is 12.0 Å². The molecule has 0 unspecified atom stereocenters. The van der Waals surface area contributed by atoms with Crippen LogP contribution in [0, 0.1) is 3.57 Å². The van der Waals surface area contributed by atoms with Crippen LogP contribution >= 0.6 is 45.8 Å². The third kappa shape index (κ3) is 3.70. The van der Waals surface area contributed by atoms with E-state index in [0.717, 1.165) is 9.13 Å². The first-order valence-electron chi connectivity index (χ1n) is 6.76. The van der Waals surface area contributed by atoms with E-state index in [1.54, 1.807) is 30.1 Å². The minimum Gasteiger partial charge on any atom is -0.288 e. The van der Waals surface area contributed by atoms with Gasteiger partial charge in [0.05, 0.1) is 26.4 Å². The van der Waals surface area contributed by atoms with Gasteiger partial charge in [-0.15, -0.1) is 5.10 Å². The normalized spacial score (nSPS) is 10.8. The second-order valence-corrected chi connectivity index (χ2v) is 6.91. The molecule has 0 atom stereocenters. The van der Waals surface area contributed by atoms with E-state index in [1.165, 1.54) is 11.0 Å². The van der Waals surface area contributed by atoms with Gasteiger partial charge in [-0.3, -0.25) is 14.8 Å². The monoisotopic (exact) mass is 476 g/mol. The smallest absolute Gasteiger partial charge is 0.277 e. The second kappa shape index (κ2) is 7.08. The quantitative estimate of drug-likeness (QED) is 0.586. The van der Waals surface area contributed by atoms with Gasteiger partial charge in [-0.25, -0.2) is 9.67 Å². The van der Waals surface area contributed by atoms with Gasteiger partial charge < -0.3 is 0 Å². The largest absolute Gasteiger partial charge is 0.288 e. The van der Waals surface area contributed by atoms with Crippen molar-refractivity contribution in [3.8, 4) is 0 Å². The molecule has 1 amide bonds. The first-order chi connectivity index (χ1) is 11.4. The Morgan fingerprint density at radius 3 is 2.79 bits per heavy atom. The summed E-state index contributed by atoms with van der Waals surface area (Å²) in [5.41, 5.74) is 1.38. The number of carbonyl (C=O) groups excluding carboxylic acids is 1. The minimum absolute atomic E-state index is 0.220. The van der Waals surface area contributed by atoms with E-state index in [-0.39, 0.29) is 11.9 Å². The highest BCUT2D eigenvalue weighted by molar-refractivity contribution is 14.1. The molecule has 124 valence electrons. The van der Waals surface area contributed by atoms with E-state index < -0.39 is 0 Å². The van der Waals surface area contributed by atoms with Crippen LogP contribution in [0.4, 0.5) is 5.95 Å². The van der Waals surface area contributed by atoms with Crippen LogP contribution in [0.3, 0.4) is 0 Å². The van der Waals surface area contributed by atoms with Gasteiger partial charge in [-0.2, -0.15) is 5.10 Å². The first kappa shape index (κ1) is 17.2. The predicted octanol–water partition coefficient (Wildman–Crippen LogP) is 3.22. The van der Waals surface area contributed by atoms with Gasteiger partial charge >= 0.3 is 0 Å². The molecule has 2 heterocycles. The van der Waals surface area contributed by atoms with Crippen LogP contribution in [0.1, 0.15) is 16.1 Å². The molecular formula is C14H11Cl2IN6O. The lowest BCUT2D eigenvalue weighted by molar-refractivity contribution is 0.101. The summed E-state index contributed by atoms with van der Waals surface area (Å²) >= 11 is 13.9. The number of aryl methyl sites for hydroxylation is 1. The summed E-state index contributed by atoms with van der Waals surface area (Å²) < 4.78 is 3.86.